The predicted octanol–water partition coefficient (Wildman–Crippen LogP) is 6.11. The molecule has 4 rings (SSSR count). The van der Waals surface area contributed by atoms with E-state index in [1.807, 2.05) is 44.2 Å². The van der Waals surface area contributed by atoms with Crippen LogP contribution in [0.3, 0.4) is 0 Å². The largest absolute Gasteiger partial charge is 0.419 e. The van der Waals surface area contributed by atoms with Crippen LogP contribution in [0.5, 0.6) is 0 Å². The number of nitrogens with zero attached hydrogens (tertiary/aromatic N) is 4. The summed E-state index contributed by atoms with van der Waals surface area (Å²) in [5, 5.41) is 20.9. The van der Waals surface area contributed by atoms with Gasteiger partial charge in [-0.05, 0) is 63.1 Å². The van der Waals surface area contributed by atoms with Gasteiger partial charge in [0.15, 0.2) is 4.34 Å². The second-order valence-electron chi connectivity index (χ2n) is 6.87. The van der Waals surface area contributed by atoms with Gasteiger partial charge in [0.1, 0.15) is 0 Å². The van der Waals surface area contributed by atoms with Crippen molar-refractivity contribution in [2.24, 2.45) is 0 Å². The molecule has 148 valence electrons. The van der Waals surface area contributed by atoms with E-state index in [0.717, 1.165) is 20.7 Å². The van der Waals surface area contributed by atoms with Crippen LogP contribution in [0.4, 0.5) is 10.8 Å². The van der Waals surface area contributed by atoms with Crippen LogP contribution < -0.4 is 5.32 Å². The van der Waals surface area contributed by atoms with Crippen LogP contribution in [0.15, 0.2) is 51.2 Å². The van der Waals surface area contributed by atoms with Gasteiger partial charge in [-0.25, -0.2) is 0 Å². The molecule has 29 heavy (non-hydrogen) atoms. The minimum atomic E-state index is -0.0240. The molecule has 0 radical (unpaired) electrons. The van der Waals surface area contributed by atoms with Gasteiger partial charge < -0.3 is 9.73 Å². The summed E-state index contributed by atoms with van der Waals surface area (Å²) in [6.07, 6.45) is 0. The molecule has 0 saturated carbocycles. The maximum Gasteiger partial charge on any atom is 0.247 e. The van der Waals surface area contributed by atoms with Crippen molar-refractivity contribution in [3.63, 3.8) is 0 Å². The van der Waals surface area contributed by atoms with E-state index < -0.39 is 0 Å². The molecular formula is C21H21N5OS2. The quantitative estimate of drug-likeness (QED) is 0.375. The average molecular weight is 424 g/mol. The second-order valence-corrected chi connectivity index (χ2v) is 9.43. The van der Waals surface area contributed by atoms with Crippen LogP contribution in [-0.2, 0) is 0 Å². The number of nitrogens with one attached hydrogen (secondary N) is 1. The Bertz CT molecular complexity index is 1120. The lowest BCUT2D eigenvalue weighted by molar-refractivity contribution is 0.509. The Morgan fingerprint density at radius 1 is 0.931 bits per heavy atom. The minimum Gasteiger partial charge on any atom is -0.419 e. The summed E-state index contributed by atoms with van der Waals surface area (Å²) in [5.74, 6) is 1.10. The molecule has 8 heteroatoms. The number of rotatable bonds is 6. The SMILES string of the molecule is Cc1ccc(-c2nnc(C(C)Sc3nnc(Nc4ccc(C)c(C)c4)s3)o2)cc1. The van der Waals surface area contributed by atoms with Gasteiger partial charge in [-0.15, -0.1) is 20.4 Å². The van der Waals surface area contributed by atoms with Crippen LogP contribution >= 0.6 is 23.1 Å². The first-order chi connectivity index (χ1) is 14.0. The van der Waals surface area contributed by atoms with Crippen molar-refractivity contribution < 1.29 is 4.42 Å². The number of aromatic nitrogens is 4. The predicted molar refractivity (Wildman–Crippen MR) is 118 cm³/mol. The van der Waals surface area contributed by atoms with Crippen molar-refractivity contribution in [1.29, 1.82) is 0 Å². The second kappa shape index (κ2) is 8.34. The molecule has 0 aliphatic heterocycles. The van der Waals surface area contributed by atoms with Crippen molar-refractivity contribution in [3.8, 4) is 11.5 Å². The van der Waals surface area contributed by atoms with E-state index in [9.17, 15) is 0 Å². The first-order valence-electron chi connectivity index (χ1n) is 9.23. The monoisotopic (exact) mass is 423 g/mol. The number of thioether (sulfide) groups is 1. The highest BCUT2D eigenvalue weighted by molar-refractivity contribution is 8.01. The lowest BCUT2D eigenvalue weighted by Crippen LogP contribution is -1.91. The lowest BCUT2D eigenvalue weighted by Gasteiger charge is -2.05. The highest BCUT2D eigenvalue weighted by Crippen LogP contribution is 2.38. The molecule has 1 atom stereocenters. The summed E-state index contributed by atoms with van der Waals surface area (Å²) in [5.41, 5.74) is 5.63. The van der Waals surface area contributed by atoms with Gasteiger partial charge >= 0.3 is 0 Å². The van der Waals surface area contributed by atoms with Crippen LogP contribution in [0, 0.1) is 20.8 Å². The van der Waals surface area contributed by atoms with Gasteiger partial charge in [0.25, 0.3) is 0 Å². The summed E-state index contributed by atoms with van der Waals surface area (Å²) in [7, 11) is 0. The van der Waals surface area contributed by atoms with Crippen LogP contribution in [-0.4, -0.2) is 20.4 Å². The molecule has 0 amide bonds. The molecule has 0 bridgehead atoms. The molecule has 0 spiro atoms. The van der Waals surface area contributed by atoms with Gasteiger partial charge in [-0.2, -0.15) is 0 Å². The molecule has 2 aromatic heterocycles. The van der Waals surface area contributed by atoms with E-state index >= 15 is 0 Å². The third kappa shape index (κ3) is 4.65. The van der Waals surface area contributed by atoms with Crippen molar-refractivity contribution in [2.75, 3.05) is 5.32 Å². The standard InChI is InChI=1S/C21H21N5OS2/c1-12-5-8-16(9-6-12)19-24-23-18(27-19)15(4)28-21-26-25-20(29-21)22-17-10-7-13(2)14(3)11-17/h5-11,15H,1-4H3,(H,22,25). The summed E-state index contributed by atoms with van der Waals surface area (Å²) >= 11 is 3.06. The summed E-state index contributed by atoms with van der Waals surface area (Å²) in [6, 6.07) is 14.3. The average Bonchev–Trinajstić information content (AvgIpc) is 3.35. The normalized spacial score (nSPS) is 12.1. The molecule has 1 unspecified atom stereocenters. The van der Waals surface area contributed by atoms with E-state index in [2.05, 4.69) is 51.7 Å². The van der Waals surface area contributed by atoms with E-state index in [4.69, 9.17) is 4.42 Å². The van der Waals surface area contributed by atoms with Crippen LogP contribution in [0.1, 0.15) is 34.8 Å². The molecule has 2 heterocycles. The Morgan fingerprint density at radius 2 is 1.72 bits per heavy atom. The molecule has 6 nitrogen and oxygen atoms in total. The molecule has 4 aromatic rings. The number of aryl methyl sites for hydroxylation is 3. The van der Waals surface area contributed by atoms with Crippen molar-refractivity contribution >= 4 is 33.9 Å². The Kier molecular flexibility index (Phi) is 5.64. The number of benzene rings is 2. The molecule has 0 fully saturated rings. The first kappa shape index (κ1) is 19.6. The van der Waals surface area contributed by atoms with Crippen LogP contribution in [0.25, 0.3) is 11.5 Å². The third-order valence-corrected chi connectivity index (χ3v) is 6.54. The molecule has 0 aliphatic carbocycles. The maximum atomic E-state index is 5.87. The van der Waals surface area contributed by atoms with E-state index in [-0.39, 0.29) is 5.25 Å². The zero-order valence-corrected chi connectivity index (χ0v) is 18.3. The van der Waals surface area contributed by atoms with Gasteiger partial charge in [0.2, 0.25) is 16.9 Å². The number of hydrogen-bond acceptors (Lipinski definition) is 8. The van der Waals surface area contributed by atoms with Gasteiger partial charge in [-0.1, -0.05) is 46.9 Å². The zero-order chi connectivity index (χ0) is 20.4. The number of hydrogen-bond donors (Lipinski definition) is 1. The summed E-state index contributed by atoms with van der Waals surface area (Å²) in [6.45, 7) is 8.27. The Morgan fingerprint density at radius 3 is 2.48 bits per heavy atom. The Hall–Kier alpha value is -2.71. The van der Waals surface area contributed by atoms with Gasteiger partial charge in [-0.3, -0.25) is 0 Å². The van der Waals surface area contributed by atoms with E-state index in [1.165, 1.54) is 28.0 Å². The third-order valence-electron chi connectivity index (χ3n) is 4.53. The van der Waals surface area contributed by atoms with Gasteiger partial charge in [0, 0.05) is 11.3 Å². The lowest BCUT2D eigenvalue weighted by atomic mass is 10.1. The molecular weight excluding hydrogens is 402 g/mol. The van der Waals surface area contributed by atoms with Crippen LogP contribution in [0.2, 0.25) is 0 Å². The Labute approximate surface area is 177 Å². The van der Waals surface area contributed by atoms with E-state index in [1.54, 1.807) is 11.8 Å². The fraction of sp³-hybridized carbons (Fsp3) is 0.238. The van der Waals surface area contributed by atoms with Gasteiger partial charge in [0.05, 0.1) is 5.25 Å². The first-order valence-corrected chi connectivity index (χ1v) is 10.9. The number of anilines is 2. The molecule has 0 saturated heterocycles. The Balaban J connectivity index is 1.42. The topological polar surface area (TPSA) is 76.7 Å². The minimum absolute atomic E-state index is 0.0240. The van der Waals surface area contributed by atoms with Crippen molar-refractivity contribution in [2.45, 2.75) is 37.3 Å². The smallest absolute Gasteiger partial charge is 0.247 e. The zero-order valence-electron chi connectivity index (χ0n) is 16.6. The van der Waals surface area contributed by atoms with E-state index in [0.29, 0.717) is 11.8 Å². The fourth-order valence-corrected chi connectivity index (χ4v) is 4.61. The molecule has 0 aliphatic rings. The highest BCUT2D eigenvalue weighted by atomic mass is 32.2. The van der Waals surface area contributed by atoms with Crippen molar-refractivity contribution in [3.05, 3.63) is 65.0 Å². The van der Waals surface area contributed by atoms with Crippen molar-refractivity contribution in [1.82, 2.24) is 20.4 Å². The molecule has 2 aromatic carbocycles. The maximum absolute atomic E-state index is 5.87. The summed E-state index contributed by atoms with van der Waals surface area (Å²) in [4.78, 5) is 0. The molecule has 1 N–H and O–H groups in total. The fourth-order valence-electron chi connectivity index (χ4n) is 2.66. The highest BCUT2D eigenvalue weighted by Gasteiger charge is 2.18. The summed E-state index contributed by atoms with van der Waals surface area (Å²) < 4.78 is 6.71.